The number of aliphatic carboxylic acids is 1. The maximum atomic E-state index is 12.4. The van der Waals surface area contributed by atoms with Gasteiger partial charge in [-0.2, -0.15) is 4.39 Å². The van der Waals surface area contributed by atoms with Crippen LogP contribution < -0.4 is 0 Å². The number of carbonyl (C=O) groups is 1. The van der Waals surface area contributed by atoms with Crippen LogP contribution >= 0.6 is 0 Å². The highest BCUT2D eigenvalue weighted by Gasteiger charge is 2.05. The van der Waals surface area contributed by atoms with Gasteiger partial charge in [-0.1, -0.05) is 0 Å². The van der Waals surface area contributed by atoms with Gasteiger partial charge in [-0.25, -0.2) is 9.37 Å². The second-order valence-electron chi connectivity index (χ2n) is 2.17. The summed E-state index contributed by atoms with van der Waals surface area (Å²) in [5.41, 5.74) is -0.125. The molecule has 0 aromatic carbocycles. The summed E-state index contributed by atoms with van der Waals surface area (Å²) in [6, 6.07) is 1.47. The molecule has 1 aromatic heterocycles. The van der Waals surface area contributed by atoms with Gasteiger partial charge in [0, 0.05) is 6.07 Å². The van der Waals surface area contributed by atoms with Crippen molar-refractivity contribution in [2.24, 2.45) is 0 Å². The van der Waals surface area contributed by atoms with E-state index >= 15 is 0 Å². The summed E-state index contributed by atoms with van der Waals surface area (Å²) in [4.78, 5) is 13.3. The molecule has 12 heavy (non-hydrogen) atoms. The third-order valence-electron chi connectivity index (χ3n) is 1.14. The quantitative estimate of drug-likeness (QED) is 0.678. The first-order valence-electron chi connectivity index (χ1n) is 3.11. The first-order chi connectivity index (χ1) is 5.58. The molecule has 0 aliphatic rings. The number of rotatable bonds is 2. The highest BCUT2D eigenvalue weighted by atomic mass is 19.1. The van der Waals surface area contributed by atoms with Crippen molar-refractivity contribution >= 4 is 5.97 Å². The van der Waals surface area contributed by atoms with Crippen LogP contribution in [0.5, 0.6) is 0 Å². The lowest BCUT2D eigenvalue weighted by molar-refractivity contribution is -0.136. The normalized spacial score (nSPS) is 9.83. The molecule has 64 valence electrons. The van der Waals surface area contributed by atoms with Crippen LogP contribution in [0.15, 0.2) is 12.1 Å². The van der Waals surface area contributed by atoms with Gasteiger partial charge < -0.3 is 5.11 Å². The molecule has 0 saturated carbocycles. The average molecular weight is 173 g/mol. The fourth-order valence-corrected chi connectivity index (χ4v) is 0.762. The Morgan fingerprint density at radius 1 is 1.50 bits per heavy atom. The Morgan fingerprint density at radius 2 is 2.17 bits per heavy atom. The molecule has 0 atom stereocenters. The van der Waals surface area contributed by atoms with Crippen LogP contribution in [-0.2, 0) is 11.2 Å². The Bertz CT molecular complexity index is 294. The van der Waals surface area contributed by atoms with Crippen molar-refractivity contribution < 1.29 is 18.7 Å². The highest BCUT2D eigenvalue weighted by Crippen LogP contribution is 2.03. The van der Waals surface area contributed by atoms with Crippen molar-refractivity contribution in [2.45, 2.75) is 6.42 Å². The molecule has 1 heterocycles. The van der Waals surface area contributed by atoms with Gasteiger partial charge in [0.1, 0.15) is 5.82 Å². The van der Waals surface area contributed by atoms with Gasteiger partial charge in [-0.05, 0) is 6.07 Å². The van der Waals surface area contributed by atoms with E-state index in [0.29, 0.717) is 6.07 Å². The smallest absolute Gasteiger partial charge is 0.309 e. The third kappa shape index (κ3) is 2.26. The first kappa shape index (κ1) is 8.58. The second kappa shape index (κ2) is 3.25. The van der Waals surface area contributed by atoms with E-state index in [-0.39, 0.29) is 5.69 Å². The lowest BCUT2D eigenvalue weighted by atomic mass is 10.3. The zero-order valence-electron chi connectivity index (χ0n) is 5.92. The van der Waals surface area contributed by atoms with Gasteiger partial charge >= 0.3 is 5.97 Å². The summed E-state index contributed by atoms with van der Waals surface area (Å²) < 4.78 is 24.7. The molecule has 0 fully saturated rings. The van der Waals surface area contributed by atoms with E-state index in [4.69, 9.17) is 5.11 Å². The molecule has 0 bridgehead atoms. The Labute approximate surface area is 66.7 Å². The van der Waals surface area contributed by atoms with Crippen LogP contribution in [0.2, 0.25) is 0 Å². The van der Waals surface area contributed by atoms with Crippen LogP contribution in [0.1, 0.15) is 5.69 Å². The lowest BCUT2D eigenvalue weighted by Crippen LogP contribution is -2.03. The minimum atomic E-state index is -1.17. The Morgan fingerprint density at radius 3 is 2.67 bits per heavy atom. The molecule has 1 N–H and O–H groups in total. The van der Waals surface area contributed by atoms with Gasteiger partial charge in [0.15, 0.2) is 0 Å². The van der Waals surface area contributed by atoms with Gasteiger partial charge in [-0.15, -0.1) is 0 Å². The van der Waals surface area contributed by atoms with E-state index < -0.39 is 24.2 Å². The minimum absolute atomic E-state index is 0.125. The fraction of sp³-hybridized carbons (Fsp3) is 0.143. The Balaban J connectivity index is 2.93. The zero-order chi connectivity index (χ0) is 9.14. The Kier molecular flexibility index (Phi) is 2.32. The van der Waals surface area contributed by atoms with E-state index in [1.165, 1.54) is 0 Å². The van der Waals surface area contributed by atoms with E-state index in [1.54, 1.807) is 0 Å². The molecule has 0 saturated heterocycles. The molecule has 0 amide bonds. The van der Waals surface area contributed by atoms with Crippen LogP contribution in [0.4, 0.5) is 8.78 Å². The van der Waals surface area contributed by atoms with Crippen molar-refractivity contribution in [1.29, 1.82) is 0 Å². The summed E-state index contributed by atoms with van der Waals surface area (Å²) in [7, 11) is 0. The molecule has 1 aromatic rings. The number of carboxylic acids is 1. The Hall–Kier alpha value is -1.52. The molecule has 3 nitrogen and oxygen atoms in total. The van der Waals surface area contributed by atoms with Gasteiger partial charge in [0.2, 0.25) is 5.95 Å². The minimum Gasteiger partial charge on any atom is -0.481 e. The van der Waals surface area contributed by atoms with E-state index in [1.807, 2.05) is 0 Å². The number of halogens is 2. The monoisotopic (exact) mass is 173 g/mol. The standard InChI is InChI=1S/C7H5F2NO2/c8-4-1-5(3-7(11)12)10-6(9)2-4/h1-2H,3H2,(H,11,12). The lowest BCUT2D eigenvalue weighted by Gasteiger charge is -1.95. The summed E-state index contributed by atoms with van der Waals surface area (Å²) in [5, 5.41) is 8.26. The summed E-state index contributed by atoms with van der Waals surface area (Å²) in [5.74, 6) is -3.00. The van der Waals surface area contributed by atoms with Crippen LogP contribution in [0.3, 0.4) is 0 Å². The predicted octanol–water partition coefficient (Wildman–Crippen LogP) is 0.987. The van der Waals surface area contributed by atoms with E-state index in [2.05, 4.69) is 4.98 Å². The number of aromatic nitrogens is 1. The molecular formula is C7H5F2NO2. The second-order valence-corrected chi connectivity index (χ2v) is 2.17. The van der Waals surface area contributed by atoms with Crippen molar-refractivity contribution in [3.63, 3.8) is 0 Å². The van der Waals surface area contributed by atoms with Crippen molar-refractivity contribution in [1.82, 2.24) is 4.98 Å². The number of hydrogen-bond donors (Lipinski definition) is 1. The highest BCUT2D eigenvalue weighted by molar-refractivity contribution is 5.69. The average Bonchev–Trinajstić information content (AvgIpc) is 1.81. The molecule has 0 radical (unpaired) electrons. The summed E-state index contributed by atoms with van der Waals surface area (Å²) in [6.07, 6.45) is -0.478. The number of nitrogens with zero attached hydrogens (tertiary/aromatic N) is 1. The summed E-state index contributed by atoms with van der Waals surface area (Å²) >= 11 is 0. The van der Waals surface area contributed by atoms with Crippen molar-refractivity contribution in [2.75, 3.05) is 0 Å². The first-order valence-corrected chi connectivity index (χ1v) is 3.11. The van der Waals surface area contributed by atoms with Crippen LogP contribution in [-0.4, -0.2) is 16.1 Å². The topological polar surface area (TPSA) is 50.2 Å². The predicted molar refractivity (Wildman–Crippen MR) is 35.5 cm³/mol. The molecular weight excluding hydrogens is 168 g/mol. The number of hydrogen-bond acceptors (Lipinski definition) is 2. The van der Waals surface area contributed by atoms with Crippen LogP contribution in [0, 0.1) is 11.8 Å². The van der Waals surface area contributed by atoms with Gasteiger partial charge in [-0.3, -0.25) is 4.79 Å². The zero-order valence-corrected chi connectivity index (χ0v) is 5.92. The summed E-state index contributed by atoms with van der Waals surface area (Å²) in [6.45, 7) is 0. The molecule has 1 rings (SSSR count). The van der Waals surface area contributed by atoms with E-state index in [9.17, 15) is 13.6 Å². The van der Waals surface area contributed by atoms with Crippen molar-refractivity contribution in [3.8, 4) is 0 Å². The molecule has 0 unspecified atom stereocenters. The number of carboxylic acid groups (broad SMARTS) is 1. The van der Waals surface area contributed by atoms with Crippen molar-refractivity contribution in [3.05, 3.63) is 29.6 Å². The maximum absolute atomic E-state index is 12.4. The molecule has 0 aliphatic heterocycles. The van der Waals surface area contributed by atoms with Gasteiger partial charge in [0.25, 0.3) is 0 Å². The largest absolute Gasteiger partial charge is 0.481 e. The molecule has 5 heteroatoms. The van der Waals surface area contributed by atoms with Crippen LogP contribution in [0.25, 0.3) is 0 Å². The van der Waals surface area contributed by atoms with E-state index in [0.717, 1.165) is 6.07 Å². The maximum Gasteiger partial charge on any atom is 0.309 e. The van der Waals surface area contributed by atoms with Gasteiger partial charge in [0.05, 0.1) is 12.1 Å². The SMILES string of the molecule is O=C(O)Cc1cc(F)cc(F)n1. The molecule has 0 spiro atoms. The fourth-order valence-electron chi connectivity index (χ4n) is 0.762. The molecule has 0 aliphatic carbocycles. The third-order valence-corrected chi connectivity index (χ3v) is 1.14. The number of pyridine rings is 1.